The number of hydrogen-bond acceptors (Lipinski definition) is 4. The average molecular weight is 322 g/mol. The zero-order chi connectivity index (χ0) is 17.4. The van der Waals surface area contributed by atoms with E-state index in [4.69, 9.17) is 16.6 Å². The molecule has 0 heterocycles. The molecule has 1 rings (SSSR count). The maximum absolute atomic E-state index is 13.9. The number of rotatable bonds is 8. The molecule has 0 saturated heterocycles. The summed E-state index contributed by atoms with van der Waals surface area (Å²) in [6, 6.07) is 2.23. The van der Waals surface area contributed by atoms with Crippen molar-refractivity contribution >= 4 is 23.5 Å². The second-order valence-electron chi connectivity index (χ2n) is 4.55. The Morgan fingerprint density at radius 2 is 2.00 bits per heavy atom. The number of hydrogen-bond donors (Lipinski definition) is 4. The second kappa shape index (κ2) is 8.38. The molecule has 0 aliphatic carbocycles. The van der Waals surface area contributed by atoms with Crippen LogP contribution in [0.3, 0.4) is 0 Å². The molecule has 0 bridgehead atoms. The molecule has 1 aromatic rings. The van der Waals surface area contributed by atoms with E-state index < -0.39 is 36.1 Å². The van der Waals surface area contributed by atoms with E-state index in [9.17, 15) is 18.8 Å². The zero-order valence-corrected chi connectivity index (χ0v) is 12.0. The summed E-state index contributed by atoms with van der Waals surface area (Å²) in [5, 5.41) is 22.3. The molecule has 8 heteroatoms. The Hall–Kier alpha value is -3.08. The fourth-order valence-corrected chi connectivity index (χ4v) is 1.72. The van der Waals surface area contributed by atoms with Crippen LogP contribution < -0.4 is 10.6 Å². The lowest BCUT2D eigenvalue weighted by molar-refractivity contribution is -0.140. The molecule has 0 aromatic heterocycles. The number of terminal acetylenes is 1. The van der Waals surface area contributed by atoms with Gasteiger partial charge in [-0.25, -0.2) is 9.18 Å². The predicted octanol–water partition coefficient (Wildman–Crippen LogP) is 0.919. The Morgan fingerprint density at radius 1 is 1.30 bits per heavy atom. The molecule has 1 amide bonds. The zero-order valence-electron chi connectivity index (χ0n) is 12.0. The highest BCUT2D eigenvalue weighted by Crippen LogP contribution is 2.15. The van der Waals surface area contributed by atoms with Gasteiger partial charge < -0.3 is 20.8 Å². The third-order valence-electron chi connectivity index (χ3n) is 2.86. The molecule has 0 fully saturated rings. The third kappa shape index (κ3) is 5.67. The van der Waals surface area contributed by atoms with E-state index in [-0.39, 0.29) is 18.5 Å². The molecule has 1 aromatic carbocycles. The van der Waals surface area contributed by atoms with Crippen molar-refractivity contribution in [1.29, 1.82) is 0 Å². The Labute approximate surface area is 131 Å². The van der Waals surface area contributed by atoms with Crippen molar-refractivity contribution < 1.29 is 29.0 Å². The minimum absolute atomic E-state index is 0.182. The number of aliphatic carboxylic acids is 2. The lowest BCUT2D eigenvalue weighted by atomic mass is 10.1. The number of carbonyl (C=O) groups is 3. The number of nitrogens with one attached hydrogen (secondary N) is 2. The molecule has 1 atom stereocenters. The number of carboxylic acid groups (broad SMARTS) is 2. The Morgan fingerprint density at radius 3 is 2.52 bits per heavy atom. The molecule has 23 heavy (non-hydrogen) atoms. The normalized spacial score (nSPS) is 11.1. The highest BCUT2D eigenvalue weighted by atomic mass is 19.1. The number of carbonyl (C=O) groups excluding carboxylic acids is 1. The minimum Gasteiger partial charge on any atom is -0.481 e. The molecule has 0 aliphatic rings. The summed E-state index contributed by atoms with van der Waals surface area (Å²) in [4.78, 5) is 33.4. The van der Waals surface area contributed by atoms with E-state index in [1.165, 1.54) is 12.1 Å². The summed E-state index contributed by atoms with van der Waals surface area (Å²) in [7, 11) is 0. The monoisotopic (exact) mass is 322 g/mol. The van der Waals surface area contributed by atoms with Crippen molar-refractivity contribution in [2.45, 2.75) is 18.9 Å². The lowest BCUT2D eigenvalue weighted by Crippen LogP contribution is -2.41. The number of halogens is 1. The molecule has 0 radical (unpaired) electrons. The van der Waals surface area contributed by atoms with E-state index in [1.807, 2.05) is 0 Å². The van der Waals surface area contributed by atoms with Gasteiger partial charge in [-0.15, -0.1) is 6.42 Å². The van der Waals surface area contributed by atoms with Gasteiger partial charge in [0.1, 0.15) is 11.9 Å². The van der Waals surface area contributed by atoms with Crippen LogP contribution in [-0.4, -0.2) is 40.6 Å². The quantitative estimate of drug-likeness (QED) is 0.529. The van der Waals surface area contributed by atoms with Gasteiger partial charge in [-0.1, -0.05) is 5.92 Å². The molecule has 0 saturated carbocycles. The fraction of sp³-hybridized carbons (Fsp3) is 0.267. The predicted molar refractivity (Wildman–Crippen MR) is 79.5 cm³/mol. The smallest absolute Gasteiger partial charge is 0.326 e. The number of benzene rings is 1. The Balaban J connectivity index is 2.81. The van der Waals surface area contributed by atoms with Gasteiger partial charge in [-0.3, -0.25) is 9.59 Å². The van der Waals surface area contributed by atoms with Crippen LogP contribution >= 0.6 is 0 Å². The van der Waals surface area contributed by atoms with Gasteiger partial charge >= 0.3 is 11.9 Å². The van der Waals surface area contributed by atoms with E-state index in [0.717, 1.165) is 6.07 Å². The summed E-state index contributed by atoms with van der Waals surface area (Å²) in [5.41, 5.74) is 0.0236. The molecule has 7 nitrogen and oxygen atoms in total. The molecular formula is C15H15FN2O5. The Kier molecular flexibility index (Phi) is 6.55. The molecule has 0 unspecified atom stereocenters. The first-order chi connectivity index (χ1) is 10.8. The lowest BCUT2D eigenvalue weighted by Gasteiger charge is -2.14. The highest BCUT2D eigenvalue weighted by molar-refractivity contribution is 5.97. The first kappa shape index (κ1) is 18.0. The molecule has 4 N–H and O–H groups in total. The van der Waals surface area contributed by atoms with Crippen molar-refractivity contribution in [2.24, 2.45) is 0 Å². The van der Waals surface area contributed by atoms with Crippen LogP contribution in [0.2, 0.25) is 0 Å². The first-order valence-electron chi connectivity index (χ1n) is 6.57. The van der Waals surface area contributed by atoms with E-state index in [0.29, 0.717) is 5.69 Å². The first-order valence-corrected chi connectivity index (χ1v) is 6.57. The summed E-state index contributed by atoms with van der Waals surface area (Å²) in [6.07, 6.45) is 4.32. The SMILES string of the molecule is C#CCNc1ccc(C(=O)N[C@H](CCC(=O)O)C(=O)O)c(F)c1. The van der Waals surface area contributed by atoms with Crippen molar-refractivity contribution in [2.75, 3.05) is 11.9 Å². The molecule has 122 valence electrons. The number of anilines is 1. The van der Waals surface area contributed by atoms with Crippen LogP contribution in [-0.2, 0) is 9.59 Å². The standard InChI is InChI=1S/C15H15FN2O5/c1-2-7-17-9-3-4-10(11(16)8-9)14(21)18-12(15(22)23)5-6-13(19)20/h1,3-4,8,12,17H,5-7H2,(H,18,21)(H,19,20)(H,22,23)/t12-/m1/s1. The number of amides is 1. The minimum atomic E-state index is -1.42. The summed E-state index contributed by atoms with van der Waals surface area (Å²) in [5.74, 6) is -2.08. The number of carboxylic acids is 2. The van der Waals surface area contributed by atoms with Crippen molar-refractivity contribution in [1.82, 2.24) is 5.32 Å². The van der Waals surface area contributed by atoms with Crippen molar-refractivity contribution in [3.05, 3.63) is 29.6 Å². The molecule has 0 aliphatic heterocycles. The van der Waals surface area contributed by atoms with Gasteiger partial charge in [0.15, 0.2) is 0 Å². The summed E-state index contributed by atoms with van der Waals surface area (Å²) < 4.78 is 13.9. The summed E-state index contributed by atoms with van der Waals surface area (Å²) >= 11 is 0. The van der Waals surface area contributed by atoms with Gasteiger partial charge in [-0.05, 0) is 24.6 Å². The van der Waals surface area contributed by atoms with Gasteiger partial charge in [0.05, 0.1) is 12.1 Å². The molecule has 0 spiro atoms. The van der Waals surface area contributed by atoms with Gasteiger partial charge in [0.25, 0.3) is 5.91 Å². The van der Waals surface area contributed by atoms with Crippen molar-refractivity contribution in [3.8, 4) is 12.3 Å². The van der Waals surface area contributed by atoms with Crippen LogP contribution in [0, 0.1) is 18.2 Å². The van der Waals surface area contributed by atoms with Crippen molar-refractivity contribution in [3.63, 3.8) is 0 Å². The van der Waals surface area contributed by atoms with Gasteiger partial charge in [0.2, 0.25) is 0 Å². The van der Waals surface area contributed by atoms with Crippen LogP contribution in [0.1, 0.15) is 23.2 Å². The van der Waals surface area contributed by atoms with Gasteiger partial charge in [0, 0.05) is 12.1 Å². The average Bonchev–Trinajstić information content (AvgIpc) is 2.48. The third-order valence-corrected chi connectivity index (χ3v) is 2.86. The Bertz CT molecular complexity index is 654. The van der Waals surface area contributed by atoms with Crippen LogP contribution in [0.5, 0.6) is 0 Å². The van der Waals surface area contributed by atoms with E-state index >= 15 is 0 Å². The van der Waals surface area contributed by atoms with Crippen LogP contribution in [0.4, 0.5) is 10.1 Å². The second-order valence-corrected chi connectivity index (χ2v) is 4.55. The van der Waals surface area contributed by atoms with E-state index in [1.54, 1.807) is 0 Å². The topological polar surface area (TPSA) is 116 Å². The highest BCUT2D eigenvalue weighted by Gasteiger charge is 2.23. The van der Waals surface area contributed by atoms with Crippen LogP contribution in [0.25, 0.3) is 0 Å². The van der Waals surface area contributed by atoms with Gasteiger partial charge in [-0.2, -0.15) is 0 Å². The maximum Gasteiger partial charge on any atom is 0.326 e. The van der Waals surface area contributed by atoms with Crippen LogP contribution in [0.15, 0.2) is 18.2 Å². The molecular weight excluding hydrogens is 307 g/mol. The maximum atomic E-state index is 13.9. The summed E-state index contributed by atoms with van der Waals surface area (Å²) in [6.45, 7) is 0.182. The van der Waals surface area contributed by atoms with E-state index in [2.05, 4.69) is 16.6 Å². The fourth-order valence-electron chi connectivity index (χ4n) is 1.72. The largest absolute Gasteiger partial charge is 0.481 e.